The third-order valence-corrected chi connectivity index (χ3v) is 4.59. The summed E-state index contributed by atoms with van der Waals surface area (Å²) in [6, 6.07) is 10.6. The Bertz CT molecular complexity index is 1140. The van der Waals surface area contributed by atoms with Gasteiger partial charge < -0.3 is 26.4 Å². The van der Waals surface area contributed by atoms with Gasteiger partial charge in [-0.1, -0.05) is 24.2 Å². The fraction of sp³-hybridized carbons (Fsp3) is 0.136. The van der Waals surface area contributed by atoms with Crippen LogP contribution in [0, 0.1) is 0 Å². The Morgan fingerprint density at radius 1 is 1.12 bits per heavy atom. The molecule has 10 nitrogen and oxygen atoms in total. The summed E-state index contributed by atoms with van der Waals surface area (Å²) in [5, 5.41) is 8.61. The van der Waals surface area contributed by atoms with Crippen molar-refractivity contribution in [1.82, 2.24) is 25.6 Å². The second kappa shape index (κ2) is 11.4. The van der Waals surface area contributed by atoms with Gasteiger partial charge in [0.15, 0.2) is 0 Å². The number of hydrogen-bond donors (Lipinski definition) is 4. The molecule has 33 heavy (non-hydrogen) atoms. The molecule has 0 radical (unpaired) electrons. The maximum atomic E-state index is 12.6. The van der Waals surface area contributed by atoms with Crippen LogP contribution in [0.1, 0.15) is 16.1 Å². The molecule has 170 valence electrons. The smallest absolute Gasteiger partial charge is 0.258 e. The van der Waals surface area contributed by atoms with Crippen LogP contribution in [0.2, 0.25) is 5.02 Å². The lowest BCUT2D eigenvalue weighted by molar-refractivity contribution is -0.116. The molecule has 2 aromatic heterocycles. The highest BCUT2D eigenvalue weighted by Gasteiger charge is 2.18. The van der Waals surface area contributed by atoms with Gasteiger partial charge >= 0.3 is 0 Å². The van der Waals surface area contributed by atoms with Gasteiger partial charge in [-0.2, -0.15) is 0 Å². The minimum absolute atomic E-state index is 0.00142. The summed E-state index contributed by atoms with van der Waals surface area (Å²) in [6.07, 6.45) is 4.07. The molecule has 3 aromatic rings. The lowest BCUT2D eigenvalue weighted by Crippen LogP contribution is -2.34. The summed E-state index contributed by atoms with van der Waals surface area (Å²) in [4.78, 5) is 36.0. The molecule has 3 rings (SSSR count). The Balaban J connectivity index is 1.67. The summed E-state index contributed by atoms with van der Waals surface area (Å²) in [6.45, 7) is 4.04. The highest BCUT2D eigenvalue weighted by molar-refractivity contribution is 6.32. The first-order chi connectivity index (χ1) is 16.0. The average Bonchev–Trinajstić information content (AvgIpc) is 2.82. The third kappa shape index (κ3) is 6.65. The fourth-order valence-corrected chi connectivity index (χ4v) is 2.94. The minimum Gasteiger partial charge on any atom is -0.486 e. The number of amides is 2. The molecule has 0 unspecified atom stereocenters. The van der Waals surface area contributed by atoms with Gasteiger partial charge in [0.05, 0.1) is 10.7 Å². The van der Waals surface area contributed by atoms with E-state index in [9.17, 15) is 9.59 Å². The molecule has 5 N–H and O–H groups in total. The van der Waals surface area contributed by atoms with Crippen molar-refractivity contribution in [2.24, 2.45) is 0 Å². The van der Waals surface area contributed by atoms with Gasteiger partial charge in [-0.3, -0.25) is 14.6 Å². The summed E-state index contributed by atoms with van der Waals surface area (Å²) >= 11 is 6.35. The number of pyridine rings is 1. The summed E-state index contributed by atoms with van der Waals surface area (Å²) in [5.74, 6) is -0.146. The normalized spacial score (nSPS) is 10.2. The van der Waals surface area contributed by atoms with E-state index < -0.39 is 5.91 Å². The molecule has 11 heteroatoms. The molecule has 1 aromatic carbocycles. The Hall–Kier alpha value is -4.18. The monoisotopic (exact) mass is 467 g/mol. The second-order valence-electron chi connectivity index (χ2n) is 6.61. The summed E-state index contributed by atoms with van der Waals surface area (Å²) in [7, 11) is 0. The van der Waals surface area contributed by atoms with Crippen LogP contribution in [0.3, 0.4) is 0 Å². The number of benzene rings is 1. The molecule has 0 atom stereocenters. The van der Waals surface area contributed by atoms with Crippen LogP contribution in [0.5, 0.6) is 5.75 Å². The van der Waals surface area contributed by atoms with Crippen molar-refractivity contribution in [3.05, 3.63) is 77.9 Å². The highest BCUT2D eigenvalue weighted by Crippen LogP contribution is 2.30. The van der Waals surface area contributed by atoms with E-state index >= 15 is 0 Å². The Kier molecular flexibility index (Phi) is 8.14. The number of rotatable bonds is 10. The molecular weight excluding hydrogens is 446 g/mol. The molecule has 0 aliphatic rings. The SMILES string of the molecule is C=CC(=O)NCCNC(=O)c1c(N)ncnc1Nc1ccc(OCc2ccccn2)c(Cl)c1. The van der Waals surface area contributed by atoms with E-state index in [-0.39, 0.29) is 42.8 Å². The first-order valence-electron chi connectivity index (χ1n) is 9.86. The predicted octanol–water partition coefficient (Wildman–Crippen LogP) is 2.46. The van der Waals surface area contributed by atoms with Gasteiger partial charge in [0.1, 0.15) is 35.9 Å². The van der Waals surface area contributed by atoms with E-state index in [0.29, 0.717) is 16.5 Å². The zero-order valence-electron chi connectivity index (χ0n) is 17.5. The van der Waals surface area contributed by atoms with Crippen LogP contribution in [-0.2, 0) is 11.4 Å². The second-order valence-corrected chi connectivity index (χ2v) is 7.02. The van der Waals surface area contributed by atoms with E-state index in [4.69, 9.17) is 22.1 Å². The van der Waals surface area contributed by atoms with Crippen LogP contribution in [0.25, 0.3) is 0 Å². The standard InChI is InChI=1S/C22H22ClN7O3/c1-2-18(31)26-9-10-27-22(32)19-20(24)28-13-29-21(19)30-14-6-7-17(16(23)11-14)33-12-15-5-3-4-8-25-15/h2-8,11,13H,1,9-10,12H2,(H,26,31)(H,27,32)(H3,24,28,29,30). The van der Waals surface area contributed by atoms with Crippen molar-refractivity contribution in [1.29, 1.82) is 0 Å². The number of ether oxygens (including phenoxy) is 1. The maximum Gasteiger partial charge on any atom is 0.258 e. The molecule has 2 amide bonds. The number of nitrogens with two attached hydrogens (primary N) is 1. The summed E-state index contributed by atoms with van der Waals surface area (Å²) in [5.41, 5.74) is 7.32. The topological polar surface area (TPSA) is 144 Å². The Morgan fingerprint density at radius 2 is 1.94 bits per heavy atom. The van der Waals surface area contributed by atoms with Crippen LogP contribution in [-0.4, -0.2) is 39.9 Å². The van der Waals surface area contributed by atoms with Gasteiger partial charge in [-0.15, -0.1) is 0 Å². The third-order valence-electron chi connectivity index (χ3n) is 4.30. The first-order valence-corrected chi connectivity index (χ1v) is 10.2. The number of carbonyl (C=O) groups excluding carboxylic acids is 2. The van der Waals surface area contributed by atoms with Gasteiger partial charge in [0.25, 0.3) is 5.91 Å². The molecule has 0 saturated carbocycles. The van der Waals surface area contributed by atoms with E-state index in [1.54, 1.807) is 24.4 Å². The van der Waals surface area contributed by atoms with Crippen LogP contribution >= 0.6 is 11.6 Å². The molecular formula is C22H22ClN7O3. The number of nitrogens with one attached hydrogen (secondary N) is 3. The van der Waals surface area contributed by atoms with Crippen molar-refractivity contribution in [3.63, 3.8) is 0 Å². The number of carbonyl (C=O) groups is 2. The number of nitrogen functional groups attached to an aromatic ring is 1. The first kappa shape index (κ1) is 23.5. The number of halogens is 1. The van der Waals surface area contributed by atoms with Gasteiger partial charge in [0.2, 0.25) is 5.91 Å². The van der Waals surface area contributed by atoms with Crippen molar-refractivity contribution in [3.8, 4) is 5.75 Å². The largest absolute Gasteiger partial charge is 0.486 e. The number of anilines is 3. The lowest BCUT2D eigenvalue weighted by Gasteiger charge is -2.14. The van der Waals surface area contributed by atoms with Crippen molar-refractivity contribution in [2.75, 3.05) is 24.1 Å². The fourth-order valence-electron chi connectivity index (χ4n) is 2.71. The predicted molar refractivity (Wildman–Crippen MR) is 125 cm³/mol. The van der Waals surface area contributed by atoms with Crippen molar-refractivity contribution in [2.45, 2.75) is 6.61 Å². The molecule has 2 heterocycles. The van der Waals surface area contributed by atoms with Crippen molar-refractivity contribution >= 4 is 40.7 Å². The van der Waals surface area contributed by atoms with E-state index in [1.807, 2.05) is 18.2 Å². The molecule has 0 spiro atoms. The summed E-state index contributed by atoms with van der Waals surface area (Å²) < 4.78 is 5.72. The molecule has 0 fully saturated rings. The van der Waals surface area contributed by atoms with Crippen LogP contribution in [0.4, 0.5) is 17.3 Å². The van der Waals surface area contributed by atoms with Gasteiger partial charge in [0, 0.05) is 25.0 Å². The van der Waals surface area contributed by atoms with Crippen molar-refractivity contribution < 1.29 is 14.3 Å². The number of nitrogens with zero attached hydrogens (tertiary/aromatic N) is 3. The Labute approximate surface area is 195 Å². The van der Waals surface area contributed by atoms with Crippen LogP contribution in [0.15, 0.2) is 61.6 Å². The zero-order chi connectivity index (χ0) is 23.6. The minimum atomic E-state index is -0.495. The maximum absolute atomic E-state index is 12.6. The molecule has 0 aliphatic heterocycles. The van der Waals surface area contributed by atoms with E-state index in [1.165, 1.54) is 6.33 Å². The number of aromatic nitrogens is 3. The van der Waals surface area contributed by atoms with Gasteiger partial charge in [-0.25, -0.2) is 9.97 Å². The number of hydrogen-bond acceptors (Lipinski definition) is 8. The molecule has 0 aliphatic carbocycles. The zero-order valence-corrected chi connectivity index (χ0v) is 18.3. The molecule has 0 saturated heterocycles. The Morgan fingerprint density at radius 3 is 2.67 bits per heavy atom. The van der Waals surface area contributed by atoms with E-state index in [0.717, 1.165) is 11.8 Å². The van der Waals surface area contributed by atoms with E-state index in [2.05, 4.69) is 37.5 Å². The average molecular weight is 468 g/mol. The highest BCUT2D eigenvalue weighted by atomic mass is 35.5. The van der Waals surface area contributed by atoms with Gasteiger partial charge in [-0.05, 0) is 36.4 Å². The molecule has 0 bridgehead atoms. The quantitative estimate of drug-likeness (QED) is 0.263. The lowest BCUT2D eigenvalue weighted by atomic mass is 10.2. The van der Waals surface area contributed by atoms with Crippen LogP contribution < -0.4 is 26.4 Å².